The van der Waals surface area contributed by atoms with Gasteiger partial charge in [-0.25, -0.2) is 9.78 Å². The molecule has 4 heteroatoms. The predicted molar refractivity (Wildman–Crippen MR) is 70.2 cm³/mol. The monoisotopic (exact) mass is 251 g/mol. The molecule has 0 atom stereocenters. The second-order valence-corrected chi connectivity index (χ2v) is 4.02. The van der Waals surface area contributed by atoms with Gasteiger partial charge in [0.2, 0.25) is 5.78 Å². The molecule has 0 saturated carbocycles. The molecule has 92 valence electrons. The Hall–Kier alpha value is -2.75. The number of rotatable bonds is 2. The summed E-state index contributed by atoms with van der Waals surface area (Å²) in [6, 6.07) is 15.4. The molecule has 1 aromatic heterocycles. The van der Waals surface area contributed by atoms with Gasteiger partial charge in [-0.2, -0.15) is 0 Å². The van der Waals surface area contributed by atoms with Crippen LogP contribution in [0.4, 0.5) is 0 Å². The Morgan fingerprint density at radius 1 is 0.947 bits per heavy atom. The zero-order valence-corrected chi connectivity index (χ0v) is 9.87. The van der Waals surface area contributed by atoms with Crippen LogP contribution in [0, 0.1) is 0 Å². The second kappa shape index (κ2) is 4.49. The van der Waals surface area contributed by atoms with Crippen LogP contribution in [-0.4, -0.2) is 10.8 Å². The van der Waals surface area contributed by atoms with Crippen LogP contribution in [0.3, 0.4) is 0 Å². The smallest absolute Gasteiger partial charge is 0.347 e. The lowest BCUT2D eigenvalue weighted by Crippen LogP contribution is -2.10. The number of hydrogen-bond donors (Lipinski definition) is 0. The summed E-state index contributed by atoms with van der Waals surface area (Å²) in [5.74, 6) is -0.585. The zero-order valence-electron chi connectivity index (χ0n) is 9.87. The molecule has 0 bridgehead atoms. The predicted octanol–water partition coefficient (Wildman–Crippen LogP) is 2.42. The SMILES string of the molecule is O=C(c1ccccc1)c1nc2ccccc2c(=O)o1. The highest BCUT2D eigenvalue weighted by molar-refractivity contribution is 6.06. The molecule has 2 aromatic carbocycles. The Bertz CT molecular complexity index is 806. The van der Waals surface area contributed by atoms with E-state index in [1.165, 1.54) is 0 Å². The van der Waals surface area contributed by atoms with Gasteiger partial charge >= 0.3 is 5.63 Å². The summed E-state index contributed by atoms with van der Waals surface area (Å²) in [7, 11) is 0. The van der Waals surface area contributed by atoms with Crippen LogP contribution >= 0.6 is 0 Å². The highest BCUT2D eigenvalue weighted by Crippen LogP contribution is 2.11. The van der Waals surface area contributed by atoms with Crippen molar-refractivity contribution in [3.8, 4) is 0 Å². The van der Waals surface area contributed by atoms with E-state index in [2.05, 4.69) is 4.98 Å². The lowest BCUT2D eigenvalue weighted by molar-refractivity contribution is 0.0997. The Labute approximate surface area is 108 Å². The minimum Gasteiger partial charge on any atom is -0.399 e. The molecular weight excluding hydrogens is 242 g/mol. The third-order valence-corrected chi connectivity index (χ3v) is 2.77. The van der Waals surface area contributed by atoms with Crippen molar-refractivity contribution in [2.75, 3.05) is 0 Å². The van der Waals surface area contributed by atoms with Crippen molar-refractivity contribution in [3.63, 3.8) is 0 Å². The topological polar surface area (TPSA) is 60.2 Å². The van der Waals surface area contributed by atoms with Crippen molar-refractivity contribution in [3.05, 3.63) is 76.5 Å². The van der Waals surface area contributed by atoms with Gasteiger partial charge in [0.25, 0.3) is 5.89 Å². The van der Waals surface area contributed by atoms with Crippen molar-refractivity contribution in [1.29, 1.82) is 0 Å². The summed E-state index contributed by atoms with van der Waals surface area (Å²) in [5.41, 5.74) is 0.344. The number of aromatic nitrogens is 1. The van der Waals surface area contributed by atoms with Gasteiger partial charge < -0.3 is 4.42 Å². The number of hydrogen-bond acceptors (Lipinski definition) is 4. The van der Waals surface area contributed by atoms with Crippen molar-refractivity contribution < 1.29 is 9.21 Å². The van der Waals surface area contributed by atoms with Gasteiger partial charge in [-0.1, -0.05) is 42.5 Å². The van der Waals surface area contributed by atoms with Gasteiger partial charge in [0.15, 0.2) is 0 Å². The largest absolute Gasteiger partial charge is 0.399 e. The first-order valence-electron chi connectivity index (χ1n) is 5.75. The molecule has 0 unspecified atom stereocenters. The van der Waals surface area contributed by atoms with E-state index >= 15 is 0 Å². The number of fused-ring (bicyclic) bond motifs is 1. The number of ketones is 1. The van der Waals surface area contributed by atoms with Crippen LogP contribution in [0.1, 0.15) is 16.2 Å². The fourth-order valence-corrected chi connectivity index (χ4v) is 1.83. The van der Waals surface area contributed by atoms with E-state index in [1.807, 2.05) is 0 Å². The number of para-hydroxylation sites is 1. The Balaban J connectivity index is 2.17. The zero-order chi connectivity index (χ0) is 13.2. The van der Waals surface area contributed by atoms with Gasteiger partial charge in [-0.05, 0) is 12.1 Å². The third kappa shape index (κ3) is 2.04. The van der Waals surface area contributed by atoms with Crippen molar-refractivity contribution in [2.45, 2.75) is 0 Å². The molecular formula is C15H9NO3. The molecule has 1 heterocycles. The average molecular weight is 251 g/mol. The van der Waals surface area contributed by atoms with Crippen LogP contribution < -0.4 is 5.63 Å². The molecule has 19 heavy (non-hydrogen) atoms. The highest BCUT2D eigenvalue weighted by Gasteiger charge is 2.15. The molecule has 0 N–H and O–H groups in total. The van der Waals surface area contributed by atoms with E-state index in [4.69, 9.17) is 4.42 Å². The molecule has 0 radical (unpaired) electrons. The third-order valence-electron chi connectivity index (χ3n) is 2.77. The first kappa shape index (κ1) is 11.3. The first-order chi connectivity index (χ1) is 9.25. The molecule has 0 aliphatic heterocycles. The minimum atomic E-state index is -0.551. The molecule has 0 aliphatic rings. The van der Waals surface area contributed by atoms with E-state index in [-0.39, 0.29) is 5.89 Å². The van der Waals surface area contributed by atoms with Crippen molar-refractivity contribution in [1.82, 2.24) is 4.98 Å². The number of carbonyl (C=O) groups is 1. The summed E-state index contributed by atoms with van der Waals surface area (Å²) < 4.78 is 4.99. The maximum absolute atomic E-state index is 12.1. The average Bonchev–Trinajstić information content (AvgIpc) is 2.47. The summed E-state index contributed by atoms with van der Waals surface area (Å²) >= 11 is 0. The normalized spacial score (nSPS) is 10.5. The van der Waals surface area contributed by atoms with Gasteiger partial charge in [0, 0.05) is 5.56 Å². The summed E-state index contributed by atoms with van der Waals surface area (Å²) in [6.45, 7) is 0. The molecule has 3 rings (SSSR count). The number of carbonyl (C=O) groups excluding carboxylic acids is 1. The van der Waals surface area contributed by atoms with E-state index in [9.17, 15) is 9.59 Å². The van der Waals surface area contributed by atoms with Gasteiger partial charge in [-0.3, -0.25) is 4.79 Å². The molecule has 0 aliphatic carbocycles. The quantitative estimate of drug-likeness (QED) is 0.656. The van der Waals surface area contributed by atoms with Crippen LogP contribution in [-0.2, 0) is 0 Å². The molecule has 4 nitrogen and oxygen atoms in total. The van der Waals surface area contributed by atoms with E-state index in [1.54, 1.807) is 54.6 Å². The first-order valence-corrected chi connectivity index (χ1v) is 5.75. The van der Waals surface area contributed by atoms with Gasteiger partial charge in [0.05, 0.1) is 10.9 Å². The fraction of sp³-hybridized carbons (Fsp3) is 0. The van der Waals surface area contributed by atoms with E-state index in [0.29, 0.717) is 16.5 Å². The Kier molecular flexibility index (Phi) is 2.68. The van der Waals surface area contributed by atoms with Crippen LogP contribution in [0.2, 0.25) is 0 Å². The maximum Gasteiger partial charge on any atom is 0.347 e. The summed E-state index contributed by atoms with van der Waals surface area (Å²) in [4.78, 5) is 28.0. The fourth-order valence-electron chi connectivity index (χ4n) is 1.83. The highest BCUT2D eigenvalue weighted by atomic mass is 16.4. The lowest BCUT2D eigenvalue weighted by Gasteiger charge is -2.00. The maximum atomic E-state index is 12.1. The van der Waals surface area contributed by atoms with Crippen LogP contribution in [0.5, 0.6) is 0 Å². The van der Waals surface area contributed by atoms with Gasteiger partial charge in [0.1, 0.15) is 0 Å². The van der Waals surface area contributed by atoms with Crippen molar-refractivity contribution in [2.24, 2.45) is 0 Å². The number of benzene rings is 2. The molecule has 0 amide bonds. The molecule has 3 aromatic rings. The summed E-state index contributed by atoms with van der Waals surface area (Å²) in [6.07, 6.45) is 0. The standard InChI is InChI=1S/C15H9NO3/c17-13(10-6-2-1-3-7-10)14-16-12-9-5-4-8-11(12)15(18)19-14/h1-9H. The van der Waals surface area contributed by atoms with E-state index in [0.717, 1.165) is 0 Å². The molecule has 0 fully saturated rings. The van der Waals surface area contributed by atoms with Gasteiger partial charge in [-0.15, -0.1) is 0 Å². The second-order valence-electron chi connectivity index (χ2n) is 4.02. The van der Waals surface area contributed by atoms with Crippen LogP contribution in [0.25, 0.3) is 10.9 Å². The van der Waals surface area contributed by atoms with Crippen LogP contribution in [0.15, 0.2) is 63.8 Å². The molecule has 0 saturated heterocycles. The Morgan fingerprint density at radius 2 is 1.63 bits per heavy atom. The number of nitrogens with zero attached hydrogens (tertiary/aromatic N) is 1. The Morgan fingerprint density at radius 3 is 2.42 bits per heavy atom. The summed E-state index contributed by atoms with van der Waals surface area (Å²) in [5, 5.41) is 0.368. The molecule has 0 spiro atoms. The minimum absolute atomic E-state index is 0.185. The van der Waals surface area contributed by atoms with E-state index < -0.39 is 11.4 Å². The lowest BCUT2D eigenvalue weighted by atomic mass is 10.1. The van der Waals surface area contributed by atoms with Crippen molar-refractivity contribution >= 4 is 16.7 Å².